The first kappa shape index (κ1) is 16.3. The number of nitro groups is 1. The van der Waals surface area contributed by atoms with Gasteiger partial charge in [0.25, 0.3) is 5.69 Å². The summed E-state index contributed by atoms with van der Waals surface area (Å²) in [5, 5.41) is 11.1. The van der Waals surface area contributed by atoms with E-state index in [2.05, 4.69) is 0 Å². The first-order valence-electron chi connectivity index (χ1n) is 6.94. The highest BCUT2D eigenvalue weighted by atomic mass is 19.1. The number of rotatable bonds is 5. The zero-order valence-corrected chi connectivity index (χ0v) is 12.4. The fourth-order valence-electron chi connectivity index (χ4n) is 2.15. The molecule has 0 aliphatic rings. The molecule has 0 aliphatic carbocycles. The van der Waals surface area contributed by atoms with E-state index in [9.17, 15) is 23.7 Å². The minimum atomic E-state index is -0.950. The number of nitrogens with zero attached hydrogens (tertiary/aromatic N) is 1. The average Bonchev–Trinajstić information content (AvgIpc) is 3.06. The minimum absolute atomic E-state index is 0.0428. The molecule has 8 heteroatoms. The van der Waals surface area contributed by atoms with Crippen molar-refractivity contribution in [2.24, 2.45) is 0 Å². The van der Waals surface area contributed by atoms with Gasteiger partial charge in [-0.05, 0) is 30.3 Å². The molecule has 0 bridgehead atoms. The summed E-state index contributed by atoms with van der Waals surface area (Å²) in [4.78, 5) is 21.2. The molecule has 0 aliphatic heterocycles. The number of benzene rings is 2. The number of ether oxygens (including phenoxy) is 1. The molecule has 126 valence electrons. The SMILES string of the molecule is O=Cc1ccc(-c2cc(Oc3ccc(F)cc3F)cc([N+](=O)[O-])c2)o1. The second-order valence-electron chi connectivity index (χ2n) is 4.97. The summed E-state index contributed by atoms with van der Waals surface area (Å²) >= 11 is 0. The summed E-state index contributed by atoms with van der Waals surface area (Å²) < 4.78 is 37.2. The predicted octanol–water partition coefficient (Wildman–Crippen LogP) is 4.74. The van der Waals surface area contributed by atoms with Crippen LogP contribution in [0, 0.1) is 21.7 Å². The predicted molar refractivity (Wildman–Crippen MR) is 82.6 cm³/mol. The summed E-state index contributed by atoms with van der Waals surface area (Å²) in [6, 6.07) is 9.27. The Balaban J connectivity index is 2.03. The van der Waals surface area contributed by atoms with Crippen LogP contribution in [-0.4, -0.2) is 11.2 Å². The maximum absolute atomic E-state index is 13.7. The van der Waals surface area contributed by atoms with E-state index in [0.29, 0.717) is 12.4 Å². The van der Waals surface area contributed by atoms with Gasteiger partial charge in [-0.2, -0.15) is 0 Å². The van der Waals surface area contributed by atoms with Gasteiger partial charge in [0, 0.05) is 17.7 Å². The maximum Gasteiger partial charge on any atom is 0.273 e. The number of carbonyl (C=O) groups is 1. The van der Waals surface area contributed by atoms with Crippen LogP contribution < -0.4 is 4.74 Å². The molecule has 1 heterocycles. The first-order chi connectivity index (χ1) is 12.0. The number of non-ortho nitro benzene ring substituents is 1. The van der Waals surface area contributed by atoms with Crippen LogP contribution in [0.1, 0.15) is 10.6 Å². The summed E-state index contributed by atoms with van der Waals surface area (Å²) in [5.41, 5.74) is -0.0566. The molecule has 3 aromatic rings. The van der Waals surface area contributed by atoms with Crippen molar-refractivity contribution in [3.63, 3.8) is 0 Å². The highest BCUT2D eigenvalue weighted by molar-refractivity contribution is 5.73. The smallest absolute Gasteiger partial charge is 0.273 e. The van der Waals surface area contributed by atoms with Crippen molar-refractivity contribution in [1.29, 1.82) is 0 Å². The molecule has 2 aromatic carbocycles. The van der Waals surface area contributed by atoms with Crippen LogP contribution in [0.2, 0.25) is 0 Å². The van der Waals surface area contributed by atoms with Gasteiger partial charge in [0.2, 0.25) is 0 Å². The Kier molecular flexibility index (Phi) is 4.25. The average molecular weight is 345 g/mol. The molecule has 1 aromatic heterocycles. The van der Waals surface area contributed by atoms with E-state index in [0.717, 1.165) is 18.2 Å². The highest BCUT2D eigenvalue weighted by Gasteiger charge is 2.16. The monoisotopic (exact) mass is 345 g/mol. The van der Waals surface area contributed by atoms with Crippen LogP contribution in [0.25, 0.3) is 11.3 Å². The molecule has 0 radical (unpaired) electrons. The molecular formula is C17H9F2NO5. The van der Waals surface area contributed by atoms with Gasteiger partial charge in [-0.25, -0.2) is 8.78 Å². The third-order valence-electron chi connectivity index (χ3n) is 3.25. The molecule has 0 amide bonds. The summed E-state index contributed by atoms with van der Waals surface area (Å²) in [6.07, 6.45) is 0.492. The van der Waals surface area contributed by atoms with Gasteiger partial charge in [0.1, 0.15) is 17.3 Å². The summed E-state index contributed by atoms with van der Waals surface area (Å²) in [5.74, 6) is -1.81. The van der Waals surface area contributed by atoms with Crippen molar-refractivity contribution >= 4 is 12.0 Å². The Morgan fingerprint density at radius 3 is 2.52 bits per heavy atom. The Bertz CT molecular complexity index is 967. The van der Waals surface area contributed by atoms with E-state index in [-0.39, 0.29) is 34.3 Å². The standard InChI is InChI=1S/C17H9F2NO5/c18-11-1-3-17(15(19)7-11)25-14-6-10(5-12(8-14)20(22)23)16-4-2-13(9-21)24-16/h1-9H. The number of halogens is 2. The van der Waals surface area contributed by atoms with Crippen molar-refractivity contribution in [2.45, 2.75) is 0 Å². The van der Waals surface area contributed by atoms with Crippen molar-refractivity contribution in [2.75, 3.05) is 0 Å². The van der Waals surface area contributed by atoms with E-state index >= 15 is 0 Å². The van der Waals surface area contributed by atoms with Gasteiger partial charge in [-0.1, -0.05) is 0 Å². The Morgan fingerprint density at radius 2 is 1.88 bits per heavy atom. The number of nitro benzene ring substituents is 1. The minimum Gasteiger partial charge on any atom is -0.454 e. The fraction of sp³-hybridized carbons (Fsp3) is 0. The molecule has 0 atom stereocenters. The summed E-state index contributed by atoms with van der Waals surface area (Å²) in [6.45, 7) is 0. The Morgan fingerprint density at radius 1 is 1.08 bits per heavy atom. The number of carbonyl (C=O) groups excluding carboxylic acids is 1. The van der Waals surface area contributed by atoms with Crippen molar-refractivity contribution in [3.8, 4) is 22.8 Å². The van der Waals surface area contributed by atoms with Gasteiger partial charge in [0.15, 0.2) is 23.6 Å². The zero-order valence-electron chi connectivity index (χ0n) is 12.4. The molecule has 0 N–H and O–H groups in total. The lowest BCUT2D eigenvalue weighted by molar-refractivity contribution is -0.384. The van der Waals surface area contributed by atoms with Gasteiger partial charge >= 0.3 is 0 Å². The number of furan rings is 1. The molecule has 6 nitrogen and oxygen atoms in total. The Labute approximate surface area is 139 Å². The number of aldehydes is 1. The van der Waals surface area contributed by atoms with Crippen LogP contribution in [0.3, 0.4) is 0 Å². The second-order valence-corrected chi connectivity index (χ2v) is 4.97. The lowest BCUT2D eigenvalue weighted by Crippen LogP contribution is -1.93. The molecular weight excluding hydrogens is 336 g/mol. The van der Waals surface area contributed by atoms with Crippen LogP contribution in [0.15, 0.2) is 52.9 Å². The summed E-state index contributed by atoms with van der Waals surface area (Å²) in [7, 11) is 0. The molecule has 25 heavy (non-hydrogen) atoms. The second kappa shape index (κ2) is 6.52. The fourth-order valence-corrected chi connectivity index (χ4v) is 2.15. The Hall–Kier alpha value is -3.55. The van der Waals surface area contributed by atoms with Gasteiger partial charge in [-0.3, -0.25) is 14.9 Å². The maximum atomic E-state index is 13.7. The first-order valence-corrected chi connectivity index (χ1v) is 6.94. The van der Waals surface area contributed by atoms with Crippen LogP contribution in [0.5, 0.6) is 11.5 Å². The van der Waals surface area contributed by atoms with E-state index < -0.39 is 16.6 Å². The van der Waals surface area contributed by atoms with Crippen molar-refractivity contribution < 1.29 is 27.7 Å². The molecule has 3 rings (SSSR count). The third kappa shape index (κ3) is 3.52. The lowest BCUT2D eigenvalue weighted by Gasteiger charge is -2.08. The van der Waals surface area contributed by atoms with E-state index in [1.54, 1.807) is 0 Å². The highest BCUT2D eigenvalue weighted by Crippen LogP contribution is 2.33. The quantitative estimate of drug-likeness (QED) is 0.379. The lowest BCUT2D eigenvalue weighted by atomic mass is 10.1. The number of hydrogen-bond acceptors (Lipinski definition) is 5. The molecule has 0 saturated carbocycles. The topological polar surface area (TPSA) is 82.6 Å². The largest absolute Gasteiger partial charge is 0.454 e. The zero-order chi connectivity index (χ0) is 18.0. The van der Waals surface area contributed by atoms with Crippen molar-refractivity contribution in [1.82, 2.24) is 0 Å². The van der Waals surface area contributed by atoms with Crippen LogP contribution in [0.4, 0.5) is 14.5 Å². The van der Waals surface area contributed by atoms with Gasteiger partial charge in [-0.15, -0.1) is 0 Å². The molecule has 0 fully saturated rings. The molecule has 0 spiro atoms. The van der Waals surface area contributed by atoms with E-state index in [1.807, 2.05) is 0 Å². The van der Waals surface area contributed by atoms with E-state index in [4.69, 9.17) is 9.15 Å². The van der Waals surface area contributed by atoms with Crippen LogP contribution in [-0.2, 0) is 0 Å². The third-order valence-corrected chi connectivity index (χ3v) is 3.25. The van der Waals surface area contributed by atoms with Crippen molar-refractivity contribution in [3.05, 3.63) is 76.0 Å². The molecule has 0 saturated heterocycles. The van der Waals surface area contributed by atoms with E-state index in [1.165, 1.54) is 24.3 Å². The van der Waals surface area contributed by atoms with Gasteiger partial charge < -0.3 is 9.15 Å². The van der Waals surface area contributed by atoms with Gasteiger partial charge in [0.05, 0.1) is 11.0 Å². The normalized spacial score (nSPS) is 10.5. The van der Waals surface area contributed by atoms with Crippen LogP contribution >= 0.6 is 0 Å². The number of hydrogen-bond donors (Lipinski definition) is 0. The molecule has 0 unspecified atom stereocenters.